The number of carbonyl (C=O) groups excluding carboxylic acids is 8. The van der Waals surface area contributed by atoms with Gasteiger partial charge >= 0.3 is 5.97 Å². The molecule has 446 valence electrons. The number of hydrogen-bond donors (Lipinski definition) is 13. The number of aromatic amines is 1. The summed E-state index contributed by atoms with van der Waals surface area (Å²) in [5, 5.41) is 39.8. The molecule has 23 nitrogen and oxygen atoms in total. The lowest BCUT2D eigenvalue weighted by Gasteiger charge is -2.28. The summed E-state index contributed by atoms with van der Waals surface area (Å²) in [4.78, 5) is 126. The molecule has 0 aliphatic rings. The standard InChI is InChI=1S/C60H79N11O12/c1-3-4-30-83-42-26-24-40(25-27-42)33-47(55(77)64-29-15-23-52(74)75)70-60(82)53(37(2)72)71-56(78)46(22-13-14-28-61)66-59(81)50(34-41-36-65-45-21-12-11-20-43(41)45)69-58(80)49(32-39-18-9-6-10-19-39)68-57(79)48(31-38-16-7-5-8-17-38)67-54(76)44(62)35-51(63)73/h5-12,16-21,24-27,36-37,44,46-50,53,65,72H,3-4,13-15,22-23,28-35,61-62H2,1-2H3,(H2,63,73)(H,64,77)(H,66,81)(H,67,76)(H,68,79)(H,69,80)(H,70,82)(H,71,78)(H,74,75)/t37-,44+,46+,47+,48+,49+,50-,53+/m1/s1. The number of para-hydroxylation sites is 1. The number of aliphatic carboxylic acids is 1. The summed E-state index contributed by atoms with van der Waals surface area (Å²) in [5.41, 5.74) is 20.4. The van der Waals surface area contributed by atoms with Crippen molar-refractivity contribution >= 4 is 64.1 Å². The van der Waals surface area contributed by atoms with E-state index in [0.29, 0.717) is 47.5 Å². The number of H-pyrrole nitrogens is 1. The largest absolute Gasteiger partial charge is 0.494 e. The Balaban J connectivity index is 1.43. The number of benzene rings is 4. The summed E-state index contributed by atoms with van der Waals surface area (Å²) in [6.07, 6.45) is 1.74. The monoisotopic (exact) mass is 1150 g/mol. The molecule has 4 aromatic carbocycles. The van der Waals surface area contributed by atoms with Crippen molar-refractivity contribution in [2.24, 2.45) is 17.2 Å². The number of aliphatic hydroxyl groups excluding tert-OH is 1. The molecule has 1 heterocycles. The first-order chi connectivity index (χ1) is 39.8. The number of primary amides is 1. The minimum Gasteiger partial charge on any atom is -0.494 e. The highest BCUT2D eigenvalue weighted by Crippen LogP contribution is 2.21. The summed E-state index contributed by atoms with van der Waals surface area (Å²) in [5.74, 6) is -7.05. The van der Waals surface area contributed by atoms with Gasteiger partial charge in [0.1, 0.15) is 42.0 Å². The topological polar surface area (TPSA) is 381 Å². The lowest BCUT2D eigenvalue weighted by atomic mass is 10.00. The van der Waals surface area contributed by atoms with Gasteiger partial charge in [-0.2, -0.15) is 0 Å². The second-order valence-electron chi connectivity index (χ2n) is 20.4. The third kappa shape index (κ3) is 22.0. The van der Waals surface area contributed by atoms with Crippen molar-refractivity contribution in [3.63, 3.8) is 0 Å². The van der Waals surface area contributed by atoms with E-state index in [1.165, 1.54) is 6.92 Å². The van der Waals surface area contributed by atoms with Gasteiger partial charge in [0.05, 0.1) is 25.2 Å². The number of aromatic nitrogens is 1. The predicted octanol–water partition coefficient (Wildman–Crippen LogP) is 1.22. The molecule has 0 aliphatic heterocycles. The minimum atomic E-state index is -1.67. The average molecular weight is 1150 g/mol. The fourth-order valence-corrected chi connectivity index (χ4v) is 9.01. The Bertz CT molecular complexity index is 2920. The molecule has 0 unspecified atom stereocenters. The highest BCUT2D eigenvalue weighted by molar-refractivity contribution is 5.98. The van der Waals surface area contributed by atoms with Crippen LogP contribution in [-0.4, -0.2) is 137 Å². The number of rotatable bonds is 36. The van der Waals surface area contributed by atoms with Crippen molar-refractivity contribution in [3.8, 4) is 5.75 Å². The fourth-order valence-electron chi connectivity index (χ4n) is 9.01. The van der Waals surface area contributed by atoms with E-state index in [9.17, 15) is 48.3 Å². The number of amides is 8. The van der Waals surface area contributed by atoms with Gasteiger partial charge in [0.2, 0.25) is 47.3 Å². The summed E-state index contributed by atoms with van der Waals surface area (Å²) in [7, 11) is 0. The number of ether oxygens (including phenoxy) is 1. The number of carboxylic acid groups (broad SMARTS) is 1. The van der Waals surface area contributed by atoms with Crippen LogP contribution in [0.1, 0.15) is 87.5 Å². The smallest absolute Gasteiger partial charge is 0.303 e. The zero-order valence-corrected chi connectivity index (χ0v) is 46.9. The van der Waals surface area contributed by atoms with E-state index < -0.39 is 108 Å². The number of nitrogens with one attached hydrogen (secondary N) is 8. The molecule has 0 radical (unpaired) electrons. The first-order valence-electron chi connectivity index (χ1n) is 27.9. The fraction of sp³-hybridized carbons (Fsp3) is 0.417. The van der Waals surface area contributed by atoms with Crippen LogP contribution in [0.3, 0.4) is 0 Å². The van der Waals surface area contributed by atoms with E-state index in [-0.39, 0.29) is 58.0 Å². The molecule has 16 N–H and O–H groups in total. The zero-order chi connectivity index (χ0) is 60.3. The Morgan fingerprint density at radius 2 is 1.08 bits per heavy atom. The molecule has 0 spiro atoms. The number of carboxylic acids is 1. The van der Waals surface area contributed by atoms with E-state index in [1.807, 2.05) is 25.1 Å². The van der Waals surface area contributed by atoms with Crippen LogP contribution < -0.4 is 59.2 Å². The van der Waals surface area contributed by atoms with Gasteiger partial charge in [0.15, 0.2) is 0 Å². The Hall–Kier alpha value is -8.67. The van der Waals surface area contributed by atoms with E-state index in [0.717, 1.165) is 23.7 Å². The molecule has 0 fully saturated rings. The van der Waals surface area contributed by atoms with Gasteiger partial charge in [-0.3, -0.25) is 43.2 Å². The van der Waals surface area contributed by atoms with Gasteiger partial charge in [-0.05, 0) is 86.0 Å². The number of fused-ring (bicyclic) bond motifs is 1. The number of carbonyl (C=O) groups is 9. The number of unbranched alkanes of at least 4 members (excludes halogenated alkanes) is 2. The van der Waals surface area contributed by atoms with Crippen molar-refractivity contribution in [2.75, 3.05) is 19.7 Å². The van der Waals surface area contributed by atoms with Gasteiger partial charge in [-0.1, -0.05) is 104 Å². The molecule has 0 saturated heterocycles. The predicted molar refractivity (Wildman–Crippen MR) is 311 cm³/mol. The molecular formula is C60H79N11O12. The number of aliphatic hydroxyl groups is 1. The molecule has 0 saturated carbocycles. The zero-order valence-electron chi connectivity index (χ0n) is 46.9. The van der Waals surface area contributed by atoms with Crippen LogP contribution in [0.5, 0.6) is 5.75 Å². The maximum atomic E-state index is 14.9. The van der Waals surface area contributed by atoms with Crippen molar-refractivity contribution in [1.82, 2.24) is 42.2 Å². The lowest BCUT2D eigenvalue weighted by Crippen LogP contribution is -2.62. The van der Waals surface area contributed by atoms with E-state index in [4.69, 9.17) is 27.0 Å². The molecule has 0 aliphatic carbocycles. The minimum absolute atomic E-state index is 0.0134. The van der Waals surface area contributed by atoms with Gasteiger partial charge in [0.25, 0.3) is 0 Å². The van der Waals surface area contributed by atoms with E-state index in [2.05, 4.69) is 42.2 Å². The van der Waals surface area contributed by atoms with Gasteiger partial charge in [0, 0.05) is 55.7 Å². The lowest BCUT2D eigenvalue weighted by molar-refractivity contribution is -0.137. The maximum Gasteiger partial charge on any atom is 0.303 e. The van der Waals surface area contributed by atoms with Gasteiger partial charge in [-0.25, -0.2) is 0 Å². The summed E-state index contributed by atoms with van der Waals surface area (Å²) < 4.78 is 5.77. The molecule has 1 aromatic heterocycles. The van der Waals surface area contributed by atoms with Crippen LogP contribution in [0.15, 0.2) is 115 Å². The SMILES string of the molecule is CCCCOc1ccc(C[C@H](NC(=O)[C@@H](NC(=O)[C@H](CCCCN)NC(=O)[C@@H](Cc2c[nH]c3ccccc23)NC(=O)[C@H](Cc2ccccc2)NC(=O)[C@H](Cc2ccccc2)NC(=O)[C@@H](N)CC(N)=O)[C@@H](C)O)C(=O)NCCCC(=O)O)cc1. The van der Waals surface area contributed by atoms with Crippen LogP contribution in [0.4, 0.5) is 0 Å². The van der Waals surface area contributed by atoms with Crippen molar-refractivity contribution in [1.29, 1.82) is 0 Å². The van der Waals surface area contributed by atoms with Crippen molar-refractivity contribution in [2.45, 2.75) is 139 Å². The van der Waals surface area contributed by atoms with Gasteiger partial charge < -0.3 is 74.4 Å². The summed E-state index contributed by atoms with van der Waals surface area (Å²) >= 11 is 0. The molecule has 5 rings (SSSR count). The Kier molecular flexibility index (Phi) is 26.6. The van der Waals surface area contributed by atoms with Crippen molar-refractivity contribution < 1.29 is 58.1 Å². The third-order valence-corrected chi connectivity index (χ3v) is 13.6. The molecule has 8 amide bonds. The van der Waals surface area contributed by atoms with Crippen molar-refractivity contribution in [3.05, 3.63) is 138 Å². The highest BCUT2D eigenvalue weighted by Gasteiger charge is 2.36. The molecular weight excluding hydrogens is 1070 g/mol. The average Bonchev–Trinajstić information content (AvgIpc) is 4.18. The van der Waals surface area contributed by atoms with E-state index in [1.54, 1.807) is 97.2 Å². The molecule has 0 bridgehead atoms. The first-order valence-corrected chi connectivity index (χ1v) is 27.9. The van der Waals surface area contributed by atoms with Crippen LogP contribution in [0, 0.1) is 0 Å². The van der Waals surface area contributed by atoms with E-state index >= 15 is 0 Å². The highest BCUT2D eigenvalue weighted by atomic mass is 16.5. The van der Waals surface area contributed by atoms with Crippen LogP contribution >= 0.6 is 0 Å². The summed E-state index contributed by atoms with van der Waals surface area (Å²) in [6.45, 7) is 4.03. The summed E-state index contributed by atoms with van der Waals surface area (Å²) in [6, 6.07) is 21.8. The molecule has 23 heteroatoms. The quantitative estimate of drug-likeness (QED) is 0.0251. The van der Waals surface area contributed by atoms with Crippen LogP contribution in [-0.2, 0) is 68.8 Å². The second kappa shape index (κ2) is 33.9. The van der Waals surface area contributed by atoms with Crippen LogP contribution in [0.25, 0.3) is 10.9 Å². The molecule has 8 atom stereocenters. The number of hydrogen-bond acceptors (Lipinski definition) is 13. The molecule has 83 heavy (non-hydrogen) atoms. The Labute approximate surface area is 482 Å². The second-order valence-corrected chi connectivity index (χ2v) is 20.4. The third-order valence-electron chi connectivity index (χ3n) is 13.6. The Morgan fingerprint density at radius 1 is 0.578 bits per heavy atom. The molecule has 5 aromatic rings. The maximum absolute atomic E-state index is 14.9. The first kappa shape index (κ1) is 65.1. The number of nitrogens with two attached hydrogens (primary N) is 3. The van der Waals surface area contributed by atoms with Crippen LogP contribution in [0.2, 0.25) is 0 Å². The normalized spacial score (nSPS) is 14.0. The Morgan fingerprint density at radius 3 is 1.64 bits per heavy atom. The van der Waals surface area contributed by atoms with Gasteiger partial charge in [-0.15, -0.1) is 0 Å².